The fourth-order valence-electron chi connectivity index (χ4n) is 2.95. The van der Waals surface area contributed by atoms with E-state index in [4.69, 9.17) is 4.74 Å². The Bertz CT molecular complexity index is 711. The summed E-state index contributed by atoms with van der Waals surface area (Å²) in [6.07, 6.45) is 5.95. The molecule has 7 heteroatoms. The molecule has 0 saturated carbocycles. The van der Waals surface area contributed by atoms with Gasteiger partial charge in [-0.3, -0.25) is 14.9 Å². The van der Waals surface area contributed by atoms with Crippen LogP contribution in [0.15, 0.2) is 30.0 Å². The summed E-state index contributed by atoms with van der Waals surface area (Å²) >= 11 is 0. The standard InChI is InChI=1S/C18H22N2O5/c1-3-19(14-9-5-4-6-10-14)16(21)12-25-18(22)17-13(2)8-7-11-15(17)20(23)24/h7-9,11H,3-6,10,12H2,1-2H3. The van der Waals surface area contributed by atoms with E-state index in [2.05, 4.69) is 0 Å². The van der Waals surface area contributed by atoms with Gasteiger partial charge in [0.2, 0.25) is 0 Å². The molecule has 0 saturated heterocycles. The molecule has 0 heterocycles. The Labute approximate surface area is 146 Å². The number of carbonyl (C=O) groups is 2. The summed E-state index contributed by atoms with van der Waals surface area (Å²) < 4.78 is 5.07. The number of aryl methyl sites for hydroxylation is 1. The predicted octanol–water partition coefficient (Wildman–Crippen LogP) is 3.37. The van der Waals surface area contributed by atoms with E-state index in [9.17, 15) is 19.7 Å². The van der Waals surface area contributed by atoms with Crippen LogP contribution < -0.4 is 0 Å². The number of nitrogens with zero attached hydrogens (tertiary/aromatic N) is 2. The molecule has 134 valence electrons. The number of nitro groups is 1. The first-order valence-corrected chi connectivity index (χ1v) is 8.36. The fraction of sp³-hybridized carbons (Fsp3) is 0.444. The molecular weight excluding hydrogens is 324 g/mol. The monoisotopic (exact) mass is 346 g/mol. The lowest BCUT2D eigenvalue weighted by molar-refractivity contribution is -0.385. The highest BCUT2D eigenvalue weighted by molar-refractivity contribution is 5.96. The number of hydrogen-bond donors (Lipinski definition) is 0. The van der Waals surface area contributed by atoms with Crippen LogP contribution in [0.25, 0.3) is 0 Å². The van der Waals surface area contributed by atoms with Crippen molar-refractivity contribution in [3.63, 3.8) is 0 Å². The molecule has 0 spiro atoms. The Hall–Kier alpha value is -2.70. The van der Waals surface area contributed by atoms with Gasteiger partial charge in [-0.25, -0.2) is 4.79 Å². The lowest BCUT2D eigenvalue weighted by atomic mass is 10.0. The lowest BCUT2D eigenvalue weighted by Crippen LogP contribution is -2.34. The average Bonchev–Trinajstić information content (AvgIpc) is 2.61. The molecule has 0 bridgehead atoms. The average molecular weight is 346 g/mol. The van der Waals surface area contributed by atoms with Gasteiger partial charge in [0.15, 0.2) is 6.61 Å². The van der Waals surface area contributed by atoms with E-state index in [1.54, 1.807) is 17.9 Å². The summed E-state index contributed by atoms with van der Waals surface area (Å²) in [6, 6.07) is 4.34. The second-order valence-electron chi connectivity index (χ2n) is 5.88. The van der Waals surface area contributed by atoms with Crippen molar-refractivity contribution in [1.82, 2.24) is 4.90 Å². The van der Waals surface area contributed by atoms with E-state index in [0.717, 1.165) is 31.4 Å². The van der Waals surface area contributed by atoms with Crippen LogP contribution in [0, 0.1) is 17.0 Å². The van der Waals surface area contributed by atoms with E-state index >= 15 is 0 Å². The lowest BCUT2D eigenvalue weighted by Gasteiger charge is -2.26. The topological polar surface area (TPSA) is 89.8 Å². The van der Waals surface area contributed by atoms with Crippen molar-refractivity contribution in [1.29, 1.82) is 0 Å². The highest BCUT2D eigenvalue weighted by Gasteiger charge is 2.25. The van der Waals surface area contributed by atoms with E-state index in [0.29, 0.717) is 12.1 Å². The van der Waals surface area contributed by atoms with Crippen molar-refractivity contribution in [2.45, 2.75) is 39.5 Å². The summed E-state index contributed by atoms with van der Waals surface area (Å²) in [5.41, 5.74) is 0.964. The number of rotatable bonds is 6. The number of ether oxygens (including phenoxy) is 1. The van der Waals surface area contributed by atoms with Crippen LogP contribution in [0.2, 0.25) is 0 Å². The highest BCUT2D eigenvalue weighted by Crippen LogP contribution is 2.23. The molecule has 0 unspecified atom stereocenters. The quantitative estimate of drug-likeness (QED) is 0.447. The van der Waals surface area contributed by atoms with Gasteiger partial charge < -0.3 is 9.64 Å². The zero-order valence-electron chi connectivity index (χ0n) is 14.5. The van der Waals surface area contributed by atoms with E-state index < -0.39 is 17.5 Å². The van der Waals surface area contributed by atoms with Gasteiger partial charge >= 0.3 is 5.97 Å². The maximum absolute atomic E-state index is 12.4. The molecule has 2 rings (SSSR count). The maximum Gasteiger partial charge on any atom is 0.345 e. The van der Waals surface area contributed by atoms with Crippen molar-refractivity contribution >= 4 is 17.6 Å². The van der Waals surface area contributed by atoms with Crippen LogP contribution in [0.3, 0.4) is 0 Å². The predicted molar refractivity (Wildman–Crippen MR) is 92.1 cm³/mol. The third kappa shape index (κ3) is 4.43. The summed E-state index contributed by atoms with van der Waals surface area (Å²) in [5.74, 6) is -1.17. The maximum atomic E-state index is 12.4. The number of nitro benzene ring substituents is 1. The molecule has 0 fully saturated rings. The molecule has 0 aliphatic heterocycles. The van der Waals surface area contributed by atoms with Crippen molar-refractivity contribution in [3.8, 4) is 0 Å². The number of benzene rings is 1. The van der Waals surface area contributed by atoms with Gasteiger partial charge in [0, 0.05) is 18.3 Å². The molecule has 1 aliphatic carbocycles. The summed E-state index contributed by atoms with van der Waals surface area (Å²) in [6.45, 7) is 3.51. The van der Waals surface area contributed by atoms with Crippen LogP contribution in [0.5, 0.6) is 0 Å². The SMILES string of the molecule is CCN(C(=O)COC(=O)c1c(C)cccc1[N+](=O)[O-])C1=CCCCC1. The number of hydrogen-bond acceptors (Lipinski definition) is 5. The Morgan fingerprint density at radius 3 is 2.68 bits per heavy atom. The minimum atomic E-state index is -0.855. The van der Waals surface area contributed by atoms with Crippen molar-refractivity contribution in [2.75, 3.05) is 13.2 Å². The molecule has 1 aliphatic rings. The summed E-state index contributed by atoms with van der Waals surface area (Å²) in [5, 5.41) is 11.1. The van der Waals surface area contributed by atoms with Gasteiger partial charge in [-0.2, -0.15) is 0 Å². The van der Waals surface area contributed by atoms with Crippen LogP contribution in [0.4, 0.5) is 5.69 Å². The van der Waals surface area contributed by atoms with Gasteiger partial charge in [0.1, 0.15) is 5.56 Å². The third-order valence-electron chi connectivity index (χ3n) is 4.21. The molecule has 0 radical (unpaired) electrons. The van der Waals surface area contributed by atoms with E-state index in [1.165, 1.54) is 12.1 Å². The summed E-state index contributed by atoms with van der Waals surface area (Å²) in [7, 11) is 0. The Kier molecular flexibility index (Phi) is 6.27. The second-order valence-corrected chi connectivity index (χ2v) is 5.88. The third-order valence-corrected chi connectivity index (χ3v) is 4.21. The Balaban J connectivity index is 2.08. The minimum absolute atomic E-state index is 0.111. The molecule has 25 heavy (non-hydrogen) atoms. The number of carbonyl (C=O) groups excluding carboxylic acids is 2. The number of likely N-dealkylation sites (N-methyl/N-ethyl adjacent to an activating group) is 1. The Morgan fingerprint density at radius 1 is 1.32 bits per heavy atom. The van der Waals surface area contributed by atoms with Crippen molar-refractivity contribution < 1.29 is 19.2 Å². The van der Waals surface area contributed by atoms with Gasteiger partial charge in [0.05, 0.1) is 4.92 Å². The molecule has 1 amide bonds. The van der Waals surface area contributed by atoms with Crippen molar-refractivity contribution in [3.05, 3.63) is 51.2 Å². The molecule has 1 aromatic rings. The molecule has 0 atom stereocenters. The zero-order chi connectivity index (χ0) is 18.4. The molecule has 0 N–H and O–H groups in total. The van der Waals surface area contributed by atoms with Crippen LogP contribution in [0.1, 0.15) is 48.5 Å². The smallest absolute Gasteiger partial charge is 0.345 e. The van der Waals surface area contributed by atoms with Crippen LogP contribution in [-0.4, -0.2) is 34.9 Å². The van der Waals surface area contributed by atoms with Crippen LogP contribution >= 0.6 is 0 Å². The van der Waals surface area contributed by atoms with E-state index in [-0.39, 0.29) is 17.2 Å². The molecule has 7 nitrogen and oxygen atoms in total. The largest absolute Gasteiger partial charge is 0.452 e. The normalized spacial score (nSPS) is 13.8. The fourth-order valence-corrected chi connectivity index (χ4v) is 2.95. The van der Waals surface area contributed by atoms with E-state index in [1.807, 2.05) is 13.0 Å². The molecule has 1 aromatic carbocycles. The number of allylic oxidation sites excluding steroid dienone is 2. The second kappa shape index (κ2) is 8.41. The van der Waals surface area contributed by atoms with Crippen LogP contribution in [-0.2, 0) is 9.53 Å². The minimum Gasteiger partial charge on any atom is -0.452 e. The molecule has 0 aromatic heterocycles. The van der Waals surface area contributed by atoms with Gasteiger partial charge in [-0.1, -0.05) is 18.2 Å². The Morgan fingerprint density at radius 2 is 2.08 bits per heavy atom. The number of esters is 1. The summed E-state index contributed by atoms with van der Waals surface area (Å²) in [4.78, 5) is 36.7. The first-order chi connectivity index (χ1) is 12.0. The van der Waals surface area contributed by atoms with Gasteiger partial charge in [-0.15, -0.1) is 0 Å². The number of amides is 1. The van der Waals surface area contributed by atoms with Crippen molar-refractivity contribution in [2.24, 2.45) is 0 Å². The van der Waals surface area contributed by atoms with Gasteiger partial charge in [-0.05, 0) is 45.1 Å². The molecular formula is C18H22N2O5. The zero-order valence-corrected chi connectivity index (χ0v) is 14.5. The van der Waals surface area contributed by atoms with Gasteiger partial charge in [0.25, 0.3) is 11.6 Å². The first-order valence-electron chi connectivity index (χ1n) is 8.36. The highest BCUT2D eigenvalue weighted by atomic mass is 16.6. The first kappa shape index (κ1) is 18.6.